The van der Waals surface area contributed by atoms with Crippen LogP contribution in [0.5, 0.6) is 0 Å². The minimum atomic E-state index is -0.0902. The quantitative estimate of drug-likeness (QED) is 0.703. The summed E-state index contributed by atoms with van der Waals surface area (Å²) in [6.45, 7) is 3.57. The summed E-state index contributed by atoms with van der Waals surface area (Å²) in [5.74, 6) is -0.0902. The van der Waals surface area contributed by atoms with Crippen molar-refractivity contribution in [3.63, 3.8) is 0 Å². The summed E-state index contributed by atoms with van der Waals surface area (Å²) in [4.78, 5) is 14.0. The van der Waals surface area contributed by atoms with Crippen LogP contribution >= 0.6 is 0 Å². The van der Waals surface area contributed by atoms with Gasteiger partial charge >= 0.3 is 0 Å². The number of nitrogens with zero attached hydrogens (tertiary/aromatic N) is 1. The monoisotopic (exact) mass is 354 g/mol. The molecule has 1 N–H and O–H groups in total. The van der Waals surface area contributed by atoms with Crippen molar-refractivity contribution in [2.75, 3.05) is 38.4 Å². The molecular weight excluding hydrogens is 328 g/mol. The molecule has 0 spiro atoms. The summed E-state index contributed by atoms with van der Waals surface area (Å²) in [6.07, 6.45) is 0.810. The van der Waals surface area contributed by atoms with E-state index >= 15 is 0 Å². The van der Waals surface area contributed by atoms with Crippen LogP contribution in [0.15, 0.2) is 48.5 Å². The molecule has 138 valence electrons. The molecule has 0 atom stereocenters. The van der Waals surface area contributed by atoms with E-state index < -0.39 is 0 Å². The van der Waals surface area contributed by atoms with Crippen LogP contribution in [0.4, 0.5) is 5.69 Å². The van der Waals surface area contributed by atoms with Gasteiger partial charge in [0.25, 0.3) is 0 Å². The Hall–Kier alpha value is -2.37. The summed E-state index contributed by atoms with van der Waals surface area (Å²) >= 11 is 0. The summed E-state index contributed by atoms with van der Waals surface area (Å²) in [7, 11) is 1.61. The molecule has 5 heteroatoms. The standard InChI is InChI=1S/C21H26N2O3/c1-25-12-13-26-16-21(24)22-11-10-17-6-8-20(9-7-17)23-14-18-4-2-3-5-19(18)15-23/h2-9H,10-16H2,1H3,(H,22,24). The average molecular weight is 354 g/mol. The van der Waals surface area contributed by atoms with E-state index in [0.29, 0.717) is 19.8 Å². The van der Waals surface area contributed by atoms with Crippen LogP contribution in [-0.4, -0.2) is 39.4 Å². The van der Waals surface area contributed by atoms with Crippen molar-refractivity contribution >= 4 is 11.6 Å². The Morgan fingerprint density at radius 2 is 1.73 bits per heavy atom. The van der Waals surface area contributed by atoms with Crippen molar-refractivity contribution < 1.29 is 14.3 Å². The highest BCUT2D eigenvalue weighted by molar-refractivity contribution is 5.77. The summed E-state index contributed by atoms with van der Waals surface area (Å²) in [5.41, 5.74) is 5.27. The van der Waals surface area contributed by atoms with Gasteiger partial charge < -0.3 is 19.7 Å². The largest absolute Gasteiger partial charge is 0.382 e. The molecule has 1 aliphatic heterocycles. The fraction of sp³-hybridized carbons (Fsp3) is 0.381. The van der Waals surface area contributed by atoms with Crippen molar-refractivity contribution in [2.45, 2.75) is 19.5 Å². The number of methoxy groups -OCH3 is 1. The second-order valence-electron chi connectivity index (χ2n) is 6.44. The fourth-order valence-electron chi connectivity index (χ4n) is 3.09. The van der Waals surface area contributed by atoms with Crippen molar-refractivity contribution in [1.29, 1.82) is 0 Å². The molecule has 0 radical (unpaired) electrons. The van der Waals surface area contributed by atoms with Gasteiger partial charge in [-0.1, -0.05) is 36.4 Å². The molecule has 1 aliphatic rings. The van der Waals surface area contributed by atoms with E-state index in [4.69, 9.17) is 9.47 Å². The molecular formula is C21H26N2O3. The number of hydrogen-bond acceptors (Lipinski definition) is 4. The van der Waals surface area contributed by atoms with Crippen LogP contribution in [0.25, 0.3) is 0 Å². The number of fused-ring (bicyclic) bond motifs is 1. The predicted molar refractivity (Wildman–Crippen MR) is 102 cm³/mol. The molecule has 5 nitrogen and oxygen atoms in total. The van der Waals surface area contributed by atoms with E-state index in [2.05, 4.69) is 58.7 Å². The molecule has 2 aromatic carbocycles. The Kier molecular flexibility index (Phi) is 6.63. The van der Waals surface area contributed by atoms with Crippen molar-refractivity contribution in [3.8, 4) is 0 Å². The van der Waals surface area contributed by atoms with Gasteiger partial charge in [-0.3, -0.25) is 4.79 Å². The predicted octanol–water partition coefficient (Wildman–Crippen LogP) is 2.53. The zero-order valence-corrected chi connectivity index (χ0v) is 15.2. The van der Waals surface area contributed by atoms with Crippen molar-refractivity contribution in [2.24, 2.45) is 0 Å². The molecule has 0 unspecified atom stereocenters. The number of carbonyl (C=O) groups excluding carboxylic acids is 1. The van der Waals surface area contributed by atoms with Crippen LogP contribution in [-0.2, 0) is 33.8 Å². The normalized spacial score (nSPS) is 12.9. The van der Waals surface area contributed by atoms with Gasteiger partial charge in [-0.2, -0.15) is 0 Å². The number of nitrogens with one attached hydrogen (secondary N) is 1. The molecule has 0 bridgehead atoms. The summed E-state index contributed by atoms with van der Waals surface area (Å²) in [6, 6.07) is 17.2. The van der Waals surface area contributed by atoms with Crippen LogP contribution < -0.4 is 10.2 Å². The molecule has 26 heavy (non-hydrogen) atoms. The minimum absolute atomic E-state index is 0.0812. The highest BCUT2D eigenvalue weighted by atomic mass is 16.5. The number of rotatable bonds is 9. The highest BCUT2D eigenvalue weighted by Gasteiger charge is 2.18. The van der Waals surface area contributed by atoms with E-state index in [1.54, 1.807) is 7.11 Å². The molecule has 0 aliphatic carbocycles. The Morgan fingerprint density at radius 3 is 2.38 bits per heavy atom. The Balaban J connectivity index is 1.41. The molecule has 0 saturated heterocycles. The molecule has 1 amide bonds. The van der Waals surface area contributed by atoms with E-state index in [0.717, 1.165) is 19.5 Å². The second-order valence-corrected chi connectivity index (χ2v) is 6.44. The van der Waals surface area contributed by atoms with Gasteiger partial charge in [0.15, 0.2) is 0 Å². The lowest BCUT2D eigenvalue weighted by molar-refractivity contribution is -0.126. The zero-order chi connectivity index (χ0) is 18.2. The SMILES string of the molecule is COCCOCC(=O)NCCc1ccc(N2Cc3ccccc3C2)cc1. The second kappa shape index (κ2) is 9.36. The van der Waals surface area contributed by atoms with E-state index in [1.807, 2.05) is 0 Å². The minimum Gasteiger partial charge on any atom is -0.382 e. The van der Waals surface area contributed by atoms with Crippen LogP contribution in [0.2, 0.25) is 0 Å². The van der Waals surface area contributed by atoms with Crippen LogP contribution in [0.3, 0.4) is 0 Å². The van der Waals surface area contributed by atoms with Crippen molar-refractivity contribution in [3.05, 3.63) is 65.2 Å². The Labute approximate surface area is 154 Å². The van der Waals surface area contributed by atoms with Gasteiger partial charge in [0, 0.05) is 32.4 Å². The lowest BCUT2D eigenvalue weighted by Crippen LogP contribution is -2.29. The maximum absolute atomic E-state index is 11.6. The summed E-state index contributed by atoms with van der Waals surface area (Å²) < 4.78 is 10.1. The number of ether oxygens (including phenoxy) is 2. The zero-order valence-electron chi connectivity index (χ0n) is 15.2. The van der Waals surface area contributed by atoms with E-state index in [-0.39, 0.29) is 12.5 Å². The maximum Gasteiger partial charge on any atom is 0.246 e. The number of amides is 1. The summed E-state index contributed by atoms with van der Waals surface area (Å²) in [5, 5.41) is 2.87. The van der Waals surface area contributed by atoms with Gasteiger partial charge in [0.2, 0.25) is 5.91 Å². The van der Waals surface area contributed by atoms with Gasteiger partial charge in [0.05, 0.1) is 13.2 Å². The Morgan fingerprint density at radius 1 is 1.04 bits per heavy atom. The van der Waals surface area contributed by atoms with Crippen LogP contribution in [0, 0.1) is 0 Å². The van der Waals surface area contributed by atoms with E-state index in [1.165, 1.54) is 22.4 Å². The van der Waals surface area contributed by atoms with Gasteiger partial charge in [-0.25, -0.2) is 0 Å². The molecule has 3 rings (SSSR count). The average Bonchev–Trinajstić information content (AvgIpc) is 3.10. The van der Waals surface area contributed by atoms with Gasteiger partial charge in [-0.05, 0) is 35.2 Å². The first-order valence-electron chi connectivity index (χ1n) is 9.00. The Bertz CT molecular complexity index is 690. The molecule has 1 heterocycles. The molecule has 2 aromatic rings. The first-order valence-corrected chi connectivity index (χ1v) is 9.00. The van der Waals surface area contributed by atoms with Crippen molar-refractivity contribution in [1.82, 2.24) is 5.32 Å². The maximum atomic E-state index is 11.6. The fourth-order valence-corrected chi connectivity index (χ4v) is 3.09. The number of anilines is 1. The van der Waals surface area contributed by atoms with Crippen LogP contribution in [0.1, 0.15) is 16.7 Å². The first-order chi connectivity index (χ1) is 12.8. The molecule has 0 fully saturated rings. The highest BCUT2D eigenvalue weighted by Crippen LogP contribution is 2.28. The third-order valence-corrected chi connectivity index (χ3v) is 4.54. The third kappa shape index (κ3) is 5.07. The smallest absolute Gasteiger partial charge is 0.246 e. The van der Waals surface area contributed by atoms with Gasteiger partial charge in [0.1, 0.15) is 6.61 Å². The number of carbonyl (C=O) groups is 1. The topological polar surface area (TPSA) is 50.8 Å². The number of hydrogen-bond donors (Lipinski definition) is 1. The first kappa shape index (κ1) is 18.4. The molecule has 0 aromatic heterocycles. The molecule has 0 saturated carbocycles. The number of benzene rings is 2. The van der Waals surface area contributed by atoms with E-state index in [9.17, 15) is 4.79 Å². The van der Waals surface area contributed by atoms with Gasteiger partial charge in [-0.15, -0.1) is 0 Å². The third-order valence-electron chi connectivity index (χ3n) is 4.54. The lowest BCUT2D eigenvalue weighted by Gasteiger charge is -2.18. The lowest BCUT2D eigenvalue weighted by atomic mass is 10.1.